The highest BCUT2D eigenvalue weighted by molar-refractivity contribution is 7.89. The summed E-state index contributed by atoms with van der Waals surface area (Å²) in [5, 5.41) is 5.30. The van der Waals surface area contributed by atoms with E-state index in [9.17, 15) is 13.2 Å². The Bertz CT molecular complexity index is 798. The molecule has 2 aliphatic rings. The topological polar surface area (TPSA) is 96.2 Å². The van der Waals surface area contributed by atoms with Crippen molar-refractivity contribution >= 4 is 21.6 Å². The third-order valence-corrected chi connectivity index (χ3v) is 6.07. The highest BCUT2D eigenvalue weighted by Gasteiger charge is 2.27. The minimum atomic E-state index is -3.88. The third kappa shape index (κ3) is 5.02. The van der Waals surface area contributed by atoms with Gasteiger partial charge in [0.15, 0.2) is 0 Å². The Morgan fingerprint density at radius 2 is 1.75 bits per heavy atom. The van der Waals surface area contributed by atoms with E-state index in [-0.39, 0.29) is 10.8 Å². The number of primary sulfonamides is 1. The molecule has 28 heavy (non-hydrogen) atoms. The van der Waals surface area contributed by atoms with E-state index < -0.39 is 10.0 Å². The van der Waals surface area contributed by atoms with Gasteiger partial charge < -0.3 is 14.5 Å². The number of sulfonamides is 1. The average Bonchev–Trinajstić information content (AvgIpc) is 2.67. The summed E-state index contributed by atoms with van der Waals surface area (Å²) in [5.41, 5.74) is 1.14. The minimum absolute atomic E-state index is 0.0358. The van der Waals surface area contributed by atoms with Crippen LogP contribution in [0.15, 0.2) is 23.1 Å². The van der Waals surface area contributed by atoms with E-state index in [2.05, 4.69) is 23.6 Å². The van der Waals surface area contributed by atoms with Crippen molar-refractivity contribution in [3.63, 3.8) is 0 Å². The molecule has 0 aliphatic carbocycles. The van der Waals surface area contributed by atoms with Crippen LogP contribution in [0.5, 0.6) is 0 Å². The summed E-state index contributed by atoms with van der Waals surface area (Å²) in [6, 6.07) is 4.58. The highest BCUT2D eigenvalue weighted by atomic mass is 32.2. The van der Waals surface area contributed by atoms with Gasteiger partial charge in [-0.2, -0.15) is 0 Å². The number of carbonyl (C=O) groups excluding carboxylic acids is 1. The number of anilines is 1. The Balaban J connectivity index is 1.84. The Morgan fingerprint density at radius 1 is 1.11 bits per heavy atom. The van der Waals surface area contributed by atoms with E-state index >= 15 is 0 Å². The van der Waals surface area contributed by atoms with Gasteiger partial charge in [-0.3, -0.25) is 9.69 Å². The zero-order chi connectivity index (χ0) is 20.3. The van der Waals surface area contributed by atoms with E-state index in [0.29, 0.717) is 50.9 Å². The third-order valence-electron chi connectivity index (χ3n) is 5.16. The molecule has 0 bridgehead atoms. The number of carbonyl (C=O) groups is 1. The molecule has 0 unspecified atom stereocenters. The molecular weight excluding hydrogens is 380 g/mol. The Kier molecular flexibility index (Phi) is 6.59. The molecule has 0 atom stereocenters. The van der Waals surface area contributed by atoms with Crippen molar-refractivity contribution in [2.75, 3.05) is 63.9 Å². The van der Waals surface area contributed by atoms with Gasteiger partial charge in [-0.15, -0.1) is 0 Å². The lowest BCUT2D eigenvalue weighted by Gasteiger charge is -2.37. The molecule has 0 radical (unpaired) electrons. The number of hydrogen-bond donors (Lipinski definition) is 1. The summed E-state index contributed by atoms with van der Waals surface area (Å²) in [4.78, 5) is 19.5. The number of morpholine rings is 1. The Morgan fingerprint density at radius 3 is 2.32 bits per heavy atom. The molecule has 1 aromatic rings. The molecule has 2 aliphatic heterocycles. The van der Waals surface area contributed by atoms with Crippen molar-refractivity contribution in [2.45, 2.75) is 18.7 Å². The van der Waals surface area contributed by atoms with E-state index in [4.69, 9.17) is 9.88 Å². The molecule has 0 spiro atoms. The van der Waals surface area contributed by atoms with E-state index in [1.807, 2.05) is 4.90 Å². The molecule has 2 heterocycles. The lowest BCUT2D eigenvalue weighted by molar-refractivity contribution is 0.0623. The van der Waals surface area contributed by atoms with Gasteiger partial charge in [0, 0.05) is 51.5 Å². The van der Waals surface area contributed by atoms with Crippen LogP contribution in [0.2, 0.25) is 0 Å². The predicted molar refractivity (Wildman–Crippen MR) is 108 cm³/mol. The van der Waals surface area contributed by atoms with Crippen LogP contribution >= 0.6 is 0 Å². The van der Waals surface area contributed by atoms with Crippen LogP contribution in [-0.4, -0.2) is 83.2 Å². The minimum Gasteiger partial charge on any atom is -0.378 e. The first-order valence-electron chi connectivity index (χ1n) is 9.77. The first kappa shape index (κ1) is 21.0. The molecule has 156 valence electrons. The van der Waals surface area contributed by atoms with Crippen LogP contribution in [0.25, 0.3) is 0 Å². The van der Waals surface area contributed by atoms with Gasteiger partial charge in [-0.05, 0) is 24.1 Å². The first-order chi connectivity index (χ1) is 13.3. The average molecular weight is 411 g/mol. The normalized spacial score (nSPS) is 19.3. The van der Waals surface area contributed by atoms with Crippen LogP contribution in [0.3, 0.4) is 0 Å². The molecule has 1 aromatic carbocycles. The SMILES string of the molecule is CC(C)CN1CCN(C(=O)c2cc(S(N)(=O)=O)ccc2N2CCOCC2)CC1. The standard InChI is InChI=1S/C19H30N4O4S/c1-15(2)14-21-5-7-23(8-6-21)19(24)17-13-16(28(20,25)26)3-4-18(17)22-9-11-27-12-10-22/h3-4,13,15H,5-12,14H2,1-2H3,(H2,20,25,26). The summed E-state index contributed by atoms with van der Waals surface area (Å²) in [7, 11) is -3.88. The van der Waals surface area contributed by atoms with Gasteiger partial charge in [-0.1, -0.05) is 13.8 Å². The molecule has 2 fully saturated rings. The molecule has 3 rings (SSSR count). The quantitative estimate of drug-likeness (QED) is 0.763. The molecular formula is C19H30N4O4S. The summed E-state index contributed by atoms with van der Waals surface area (Å²) in [5.74, 6) is 0.442. The summed E-state index contributed by atoms with van der Waals surface area (Å²) < 4.78 is 29.1. The molecule has 2 saturated heterocycles. The van der Waals surface area contributed by atoms with Gasteiger partial charge in [0.25, 0.3) is 5.91 Å². The maximum atomic E-state index is 13.3. The summed E-state index contributed by atoms with van der Waals surface area (Å²) in [6.45, 7) is 10.8. The maximum Gasteiger partial charge on any atom is 0.256 e. The second-order valence-corrected chi connectivity index (χ2v) is 9.37. The second kappa shape index (κ2) is 8.77. The zero-order valence-corrected chi connectivity index (χ0v) is 17.5. The fraction of sp³-hybridized carbons (Fsp3) is 0.632. The molecule has 9 heteroatoms. The van der Waals surface area contributed by atoms with Crippen molar-refractivity contribution in [3.05, 3.63) is 23.8 Å². The van der Waals surface area contributed by atoms with Crippen LogP contribution < -0.4 is 10.0 Å². The lowest BCUT2D eigenvalue weighted by Crippen LogP contribution is -2.49. The van der Waals surface area contributed by atoms with E-state index in [1.54, 1.807) is 6.07 Å². The number of rotatable bonds is 5. The monoisotopic (exact) mass is 410 g/mol. The summed E-state index contributed by atoms with van der Waals surface area (Å²) in [6.07, 6.45) is 0. The van der Waals surface area contributed by atoms with Crippen molar-refractivity contribution in [1.82, 2.24) is 9.80 Å². The number of ether oxygens (including phenoxy) is 1. The largest absolute Gasteiger partial charge is 0.378 e. The Hall–Kier alpha value is -1.68. The maximum absolute atomic E-state index is 13.3. The molecule has 0 saturated carbocycles. The van der Waals surface area contributed by atoms with Crippen molar-refractivity contribution < 1.29 is 17.9 Å². The zero-order valence-electron chi connectivity index (χ0n) is 16.6. The number of benzene rings is 1. The second-order valence-electron chi connectivity index (χ2n) is 7.81. The van der Waals surface area contributed by atoms with Gasteiger partial charge >= 0.3 is 0 Å². The fourth-order valence-corrected chi connectivity index (χ4v) is 4.30. The van der Waals surface area contributed by atoms with Crippen molar-refractivity contribution in [2.24, 2.45) is 11.1 Å². The van der Waals surface area contributed by atoms with Gasteiger partial charge in [0.05, 0.1) is 23.7 Å². The highest BCUT2D eigenvalue weighted by Crippen LogP contribution is 2.26. The van der Waals surface area contributed by atoms with Crippen LogP contribution in [0.4, 0.5) is 5.69 Å². The van der Waals surface area contributed by atoms with Crippen LogP contribution in [0.1, 0.15) is 24.2 Å². The molecule has 2 N–H and O–H groups in total. The molecule has 1 amide bonds. The number of nitrogens with zero attached hydrogens (tertiary/aromatic N) is 3. The number of amides is 1. The molecule has 0 aromatic heterocycles. The van der Waals surface area contributed by atoms with Crippen molar-refractivity contribution in [3.8, 4) is 0 Å². The fourth-order valence-electron chi connectivity index (χ4n) is 3.76. The van der Waals surface area contributed by atoms with E-state index in [1.165, 1.54) is 12.1 Å². The molecule has 8 nitrogen and oxygen atoms in total. The van der Waals surface area contributed by atoms with Crippen molar-refractivity contribution in [1.29, 1.82) is 0 Å². The van der Waals surface area contributed by atoms with Gasteiger partial charge in [-0.25, -0.2) is 13.6 Å². The van der Waals surface area contributed by atoms with Crippen LogP contribution in [0, 0.1) is 5.92 Å². The first-order valence-corrected chi connectivity index (χ1v) is 11.3. The van der Waals surface area contributed by atoms with E-state index in [0.717, 1.165) is 25.3 Å². The number of nitrogens with two attached hydrogens (primary N) is 1. The number of hydrogen-bond acceptors (Lipinski definition) is 6. The smallest absolute Gasteiger partial charge is 0.256 e. The van der Waals surface area contributed by atoms with Gasteiger partial charge in [0.2, 0.25) is 10.0 Å². The van der Waals surface area contributed by atoms with Gasteiger partial charge in [0.1, 0.15) is 0 Å². The number of piperazine rings is 1. The predicted octanol–water partition coefficient (Wildman–Crippen LogP) is 0.584. The Labute approximate surface area is 167 Å². The summed E-state index contributed by atoms with van der Waals surface area (Å²) >= 11 is 0. The van der Waals surface area contributed by atoms with Crippen LogP contribution in [-0.2, 0) is 14.8 Å². The lowest BCUT2D eigenvalue weighted by atomic mass is 10.1.